The molecule has 1 aromatic rings. The number of hydrogen-bond donors (Lipinski definition) is 0. The van der Waals surface area contributed by atoms with E-state index in [4.69, 9.17) is 18.9 Å². The van der Waals surface area contributed by atoms with Gasteiger partial charge in [-0.1, -0.05) is 56.3 Å². The molecule has 3 aliphatic rings. The standard InChI is InChI=1S/C24H32O4/c1-3-22(14-25-15-22)18-27-24(28-19-23(4-2)16-26-17-23)12-10-21(11-13-24)20-8-6-5-7-9-20/h5-13,21H,3-4,14-19H2,1-2H3. The molecule has 28 heavy (non-hydrogen) atoms. The van der Waals surface area contributed by atoms with Gasteiger partial charge in [-0.15, -0.1) is 0 Å². The second-order valence-corrected chi connectivity index (χ2v) is 8.65. The Bertz CT molecular complexity index is 648. The number of rotatable bonds is 9. The van der Waals surface area contributed by atoms with Crippen LogP contribution < -0.4 is 0 Å². The van der Waals surface area contributed by atoms with Crippen LogP contribution in [0.15, 0.2) is 54.6 Å². The lowest BCUT2D eigenvalue weighted by Crippen LogP contribution is -2.51. The Morgan fingerprint density at radius 1 is 0.821 bits per heavy atom. The molecule has 4 rings (SSSR count). The topological polar surface area (TPSA) is 36.9 Å². The van der Waals surface area contributed by atoms with Gasteiger partial charge in [-0.25, -0.2) is 0 Å². The molecular weight excluding hydrogens is 352 g/mol. The molecule has 0 aromatic heterocycles. The molecule has 0 N–H and O–H groups in total. The van der Waals surface area contributed by atoms with Gasteiger partial charge in [0.05, 0.1) is 39.6 Å². The highest BCUT2D eigenvalue weighted by molar-refractivity contribution is 5.34. The van der Waals surface area contributed by atoms with Crippen LogP contribution in [0.25, 0.3) is 0 Å². The quantitative estimate of drug-likeness (QED) is 0.465. The highest BCUT2D eigenvalue weighted by Gasteiger charge is 2.43. The Hall–Kier alpha value is -1.46. The minimum atomic E-state index is -0.805. The number of allylic oxidation sites excluding steroid dienone is 2. The van der Waals surface area contributed by atoms with Crippen LogP contribution in [0.4, 0.5) is 0 Å². The van der Waals surface area contributed by atoms with Crippen LogP contribution in [0.5, 0.6) is 0 Å². The summed E-state index contributed by atoms with van der Waals surface area (Å²) in [5.74, 6) is -0.554. The molecule has 4 heteroatoms. The highest BCUT2D eigenvalue weighted by atomic mass is 16.7. The lowest BCUT2D eigenvalue weighted by molar-refractivity contribution is -0.251. The molecule has 2 heterocycles. The van der Waals surface area contributed by atoms with E-state index in [9.17, 15) is 0 Å². The molecule has 2 fully saturated rings. The summed E-state index contributed by atoms with van der Waals surface area (Å²) in [5, 5.41) is 0. The Labute approximate surface area is 168 Å². The molecule has 1 aliphatic carbocycles. The van der Waals surface area contributed by atoms with Gasteiger partial charge in [-0.05, 0) is 30.6 Å². The van der Waals surface area contributed by atoms with E-state index in [1.165, 1.54) is 5.56 Å². The zero-order chi connectivity index (χ0) is 19.5. The van der Waals surface area contributed by atoms with Gasteiger partial charge in [0, 0.05) is 16.7 Å². The van der Waals surface area contributed by atoms with Crippen LogP contribution in [0.2, 0.25) is 0 Å². The van der Waals surface area contributed by atoms with Crippen LogP contribution >= 0.6 is 0 Å². The molecule has 1 aromatic carbocycles. The normalized spacial score (nSPS) is 24.5. The third-order valence-corrected chi connectivity index (χ3v) is 6.60. The first-order chi connectivity index (χ1) is 13.6. The lowest BCUT2D eigenvalue weighted by Gasteiger charge is -2.45. The minimum absolute atomic E-state index is 0.121. The maximum Gasteiger partial charge on any atom is 0.208 e. The van der Waals surface area contributed by atoms with Gasteiger partial charge in [0.1, 0.15) is 0 Å². The van der Waals surface area contributed by atoms with Crippen molar-refractivity contribution >= 4 is 0 Å². The van der Waals surface area contributed by atoms with Gasteiger partial charge in [-0.3, -0.25) is 0 Å². The largest absolute Gasteiger partial charge is 0.380 e. The second kappa shape index (κ2) is 8.11. The van der Waals surface area contributed by atoms with E-state index in [-0.39, 0.29) is 16.7 Å². The molecule has 0 saturated carbocycles. The predicted molar refractivity (Wildman–Crippen MR) is 109 cm³/mol. The third kappa shape index (κ3) is 3.97. The summed E-state index contributed by atoms with van der Waals surface area (Å²) in [6, 6.07) is 10.5. The van der Waals surface area contributed by atoms with E-state index in [2.05, 4.69) is 62.4 Å². The summed E-state index contributed by atoms with van der Waals surface area (Å²) in [6.07, 6.45) is 10.7. The van der Waals surface area contributed by atoms with Gasteiger partial charge < -0.3 is 18.9 Å². The average Bonchev–Trinajstić information content (AvgIpc) is 2.68. The first-order valence-electron chi connectivity index (χ1n) is 10.5. The van der Waals surface area contributed by atoms with Gasteiger partial charge in [0.15, 0.2) is 0 Å². The number of hydrogen-bond acceptors (Lipinski definition) is 4. The SMILES string of the molecule is CCC1(COC2(OCC3(CC)COC3)C=CC(c3ccccc3)C=C2)COC1. The number of benzene rings is 1. The summed E-state index contributed by atoms with van der Waals surface area (Å²) in [7, 11) is 0. The molecule has 2 saturated heterocycles. The van der Waals surface area contributed by atoms with Gasteiger partial charge in [0.2, 0.25) is 5.79 Å². The van der Waals surface area contributed by atoms with Crippen LogP contribution in [0.1, 0.15) is 38.2 Å². The van der Waals surface area contributed by atoms with Crippen molar-refractivity contribution in [1.29, 1.82) is 0 Å². The smallest absolute Gasteiger partial charge is 0.208 e. The van der Waals surface area contributed by atoms with Gasteiger partial charge in [-0.2, -0.15) is 0 Å². The molecule has 0 radical (unpaired) electrons. The van der Waals surface area contributed by atoms with Crippen molar-refractivity contribution < 1.29 is 18.9 Å². The molecular formula is C24H32O4. The molecule has 2 aliphatic heterocycles. The van der Waals surface area contributed by atoms with E-state index < -0.39 is 5.79 Å². The van der Waals surface area contributed by atoms with E-state index in [1.54, 1.807) is 0 Å². The van der Waals surface area contributed by atoms with E-state index in [0.29, 0.717) is 13.2 Å². The van der Waals surface area contributed by atoms with E-state index >= 15 is 0 Å². The molecule has 152 valence electrons. The van der Waals surface area contributed by atoms with E-state index in [0.717, 1.165) is 39.3 Å². The molecule has 4 nitrogen and oxygen atoms in total. The highest BCUT2D eigenvalue weighted by Crippen LogP contribution is 2.38. The summed E-state index contributed by atoms with van der Waals surface area (Å²) >= 11 is 0. The molecule has 0 unspecified atom stereocenters. The monoisotopic (exact) mass is 384 g/mol. The van der Waals surface area contributed by atoms with E-state index in [1.807, 2.05) is 6.07 Å². The maximum atomic E-state index is 6.44. The van der Waals surface area contributed by atoms with Crippen LogP contribution in [-0.2, 0) is 18.9 Å². The van der Waals surface area contributed by atoms with Crippen LogP contribution in [0, 0.1) is 10.8 Å². The van der Waals surface area contributed by atoms with Crippen molar-refractivity contribution in [3.63, 3.8) is 0 Å². The fourth-order valence-electron chi connectivity index (χ4n) is 3.82. The summed E-state index contributed by atoms with van der Waals surface area (Å²) in [5.41, 5.74) is 1.52. The average molecular weight is 385 g/mol. The Balaban J connectivity index is 1.48. The zero-order valence-electron chi connectivity index (χ0n) is 17.1. The van der Waals surface area contributed by atoms with Crippen molar-refractivity contribution in [1.82, 2.24) is 0 Å². The van der Waals surface area contributed by atoms with Crippen molar-refractivity contribution in [3.8, 4) is 0 Å². The first kappa shape index (κ1) is 19.8. The molecule has 0 spiro atoms. The zero-order valence-corrected chi connectivity index (χ0v) is 17.1. The van der Waals surface area contributed by atoms with Gasteiger partial charge in [0.25, 0.3) is 0 Å². The van der Waals surface area contributed by atoms with Gasteiger partial charge >= 0.3 is 0 Å². The Kier molecular flexibility index (Phi) is 5.75. The van der Waals surface area contributed by atoms with Crippen molar-refractivity contribution in [2.24, 2.45) is 10.8 Å². The summed E-state index contributed by atoms with van der Waals surface area (Å²) in [4.78, 5) is 0. The van der Waals surface area contributed by atoms with Crippen LogP contribution in [-0.4, -0.2) is 45.4 Å². The Morgan fingerprint density at radius 3 is 1.71 bits per heavy atom. The number of ether oxygens (including phenoxy) is 4. The molecule has 0 bridgehead atoms. The van der Waals surface area contributed by atoms with Crippen LogP contribution in [0.3, 0.4) is 0 Å². The minimum Gasteiger partial charge on any atom is -0.380 e. The molecule has 0 amide bonds. The summed E-state index contributed by atoms with van der Waals surface area (Å²) < 4.78 is 23.8. The summed E-state index contributed by atoms with van der Waals surface area (Å²) in [6.45, 7) is 8.77. The maximum absolute atomic E-state index is 6.44. The van der Waals surface area contributed by atoms with Crippen molar-refractivity contribution in [2.75, 3.05) is 39.6 Å². The second-order valence-electron chi connectivity index (χ2n) is 8.65. The van der Waals surface area contributed by atoms with Crippen molar-refractivity contribution in [2.45, 2.75) is 38.4 Å². The molecule has 0 atom stereocenters. The Morgan fingerprint density at radius 2 is 1.32 bits per heavy atom. The third-order valence-electron chi connectivity index (χ3n) is 6.60. The van der Waals surface area contributed by atoms with Crippen molar-refractivity contribution in [3.05, 3.63) is 60.2 Å². The first-order valence-corrected chi connectivity index (χ1v) is 10.5. The fraction of sp³-hybridized carbons (Fsp3) is 0.583. The lowest BCUT2D eigenvalue weighted by atomic mass is 9.83. The fourth-order valence-corrected chi connectivity index (χ4v) is 3.82. The predicted octanol–water partition coefficient (Wildman–Crippen LogP) is 4.48.